The minimum Gasteiger partial charge on any atom is -0.463 e. The first-order valence-electron chi connectivity index (χ1n) is 8.69. The molecule has 6 nitrogen and oxygen atoms in total. The van der Waals surface area contributed by atoms with E-state index in [0.29, 0.717) is 6.61 Å². The van der Waals surface area contributed by atoms with Crippen LogP contribution in [0.4, 0.5) is 5.69 Å². The van der Waals surface area contributed by atoms with E-state index in [2.05, 4.69) is 26.2 Å². The second-order valence-corrected chi connectivity index (χ2v) is 7.24. The highest BCUT2D eigenvalue weighted by atomic mass is 79.9. The van der Waals surface area contributed by atoms with Crippen LogP contribution in [0, 0.1) is 0 Å². The van der Waals surface area contributed by atoms with Crippen LogP contribution < -0.4 is 11.1 Å². The molecule has 27 heavy (non-hydrogen) atoms. The van der Waals surface area contributed by atoms with Crippen molar-refractivity contribution in [2.24, 2.45) is 10.7 Å². The van der Waals surface area contributed by atoms with Gasteiger partial charge in [0.05, 0.1) is 6.04 Å². The molecule has 0 radical (unpaired) electrons. The van der Waals surface area contributed by atoms with E-state index in [1.54, 1.807) is 0 Å². The number of rotatable bonds is 7. The minimum atomic E-state index is -0.663. The van der Waals surface area contributed by atoms with Crippen molar-refractivity contribution in [2.75, 3.05) is 19.0 Å². The molecule has 2 atom stereocenters. The number of ether oxygens (including phenoxy) is 2. The molecule has 0 saturated carbocycles. The predicted molar refractivity (Wildman–Crippen MR) is 109 cm³/mol. The molecule has 0 saturated heterocycles. The molecule has 3 rings (SSSR count). The van der Waals surface area contributed by atoms with E-state index in [9.17, 15) is 4.79 Å². The van der Waals surface area contributed by atoms with Gasteiger partial charge in [0.1, 0.15) is 6.61 Å². The van der Waals surface area contributed by atoms with Gasteiger partial charge in [0.25, 0.3) is 11.9 Å². The SMILES string of the molecule is COC(C(=O)Nc1ccc(CC[C@H]2COC(N)=N2)cc1)c1ccc(Br)cc1. The summed E-state index contributed by atoms with van der Waals surface area (Å²) in [5, 5.41) is 2.90. The molecule has 1 unspecified atom stereocenters. The molecule has 0 aromatic heterocycles. The molecule has 7 heteroatoms. The normalized spacial score (nSPS) is 17.1. The summed E-state index contributed by atoms with van der Waals surface area (Å²) in [6.45, 7) is 0.550. The van der Waals surface area contributed by atoms with Crippen LogP contribution in [-0.2, 0) is 20.7 Å². The molecular formula is C20H22BrN3O3. The molecule has 2 aromatic carbocycles. The summed E-state index contributed by atoms with van der Waals surface area (Å²) in [6, 6.07) is 15.7. The molecule has 1 amide bonds. The van der Waals surface area contributed by atoms with Crippen molar-refractivity contribution in [3.05, 3.63) is 64.1 Å². The summed E-state index contributed by atoms with van der Waals surface area (Å²) in [4.78, 5) is 16.8. The Balaban J connectivity index is 1.56. The maximum Gasteiger partial charge on any atom is 0.282 e. The summed E-state index contributed by atoms with van der Waals surface area (Å²) in [7, 11) is 1.53. The molecular weight excluding hydrogens is 410 g/mol. The number of nitrogens with two attached hydrogens (primary N) is 1. The third-order valence-electron chi connectivity index (χ3n) is 4.37. The number of halogens is 1. The van der Waals surface area contributed by atoms with Gasteiger partial charge in [-0.1, -0.05) is 40.2 Å². The smallest absolute Gasteiger partial charge is 0.282 e. The molecule has 1 aliphatic heterocycles. The molecule has 1 aliphatic rings. The highest BCUT2D eigenvalue weighted by Gasteiger charge is 2.20. The minimum absolute atomic E-state index is 0.123. The zero-order chi connectivity index (χ0) is 19.2. The standard InChI is InChI=1S/C20H22BrN3O3/c1-26-18(14-5-7-15(21)8-6-14)19(25)23-16-9-2-13(3-10-16)4-11-17-12-27-20(22)24-17/h2-3,5-10,17-18H,4,11-12H2,1H3,(H2,22,24)(H,23,25)/t17-,18?/m0/s1. The zero-order valence-electron chi connectivity index (χ0n) is 15.0. The number of carbonyl (C=O) groups is 1. The number of aliphatic imine (C=N–C) groups is 1. The van der Waals surface area contributed by atoms with Gasteiger partial charge in [-0.25, -0.2) is 4.99 Å². The van der Waals surface area contributed by atoms with Gasteiger partial charge in [-0.05, 0) is 48.2 Å². The van der Waals surface area contributed by atoms with Gasteiger partial charge in [-0.3, -0.25) is 4.79 Å². The molecule has 142 valence electrons. The first-order valence-corrected chi connectivity index (χ1v) is 9.48. The Kier molecular flexibility index (Phi) is 6.47. The predicted octanol–water partition coefficient (Wildman–Crippen LogP) is 3.42. The number of hydrogen-bond acceptors (Lipinski definition) is 5. The highest BCUT2D eigenvalue weighted by molar-refractivity contribution is 9.10. The van der Waals surface area contributed by atoms with Crippen LogP contribution in [0.1, 0.15) is 23.7 Å². The van der Waals surface area contributed by atoms with E-state index in [4.69, 9.17) is 15.2 Å². The number of methoxy groups -OCH3 is 1. The first-order chi connectivity index (χ1) is 13.0. The first kappa shape index (κ1) is 19.4. The average Bonchev–Trinajstić information content (AvgIpc) is 3.08. The fourth-order valence-electron chi connectivity index (χ4n) is 2.91. The number of amidine groups is 1. The Hall–Kier alpha value is -2.38. The lowest BCUT2D eigenvalue weighted by Gasteiger charge is -2.16. The maximum absolute atomic E-state index is 12.6. The molecule has 0 spiro atoms. The molecule has 2 aromatic rings. The summed E-state index contributed by atoms with van der Waals surface area (Å²) in [5.41, 5.74) is 8.22. The lowest BCUT2D eigenvalue weighted by Crippen LogP contribution is -2.22. The Bertz CT molecular complexity index is 806. The lowest BCUT2D eigenvalue weighted by molar-refractivity contribution is -0.126. The molecule has 3 N–H and O–H groups in total. The second kappa shape index (κ2) is 9.01. The third-order valence-corrected chi connectivity index (χ3v) is 4.90. The number of nitrogens with zero attached hydrogens (tertiary/aromatic N) is 1. The van der Waals surface area contributed by atoms with Crippen molar-refractivity contribution in [3.63, 3.8) is 0 Å². The van der Waals surface area contributed by atoms with E-state index >= 15 is 0 Å². The Morgan fingerprint density at radius 2 is 2.00 bits per heavy atom. The van der Waals surface area contributed by atoms with Crippen LogP contribution >= 0.6 is 15.9 Å². The van der Waals surface area contributed by atoms with E-state index in [-0.39, 0.29) is 18.0 Å². The van der Waals surface area contributed by atoms with Crippen molar-refractivity contribution in [1.29, 1.82) is 0 Å². The van der Waals surface area contributed by atoms with E-state index in [1.165, 1.54) is 12.7 Å². The monoisotopic (exact) mass is 431 g/mol. The maximum atomic E-state index is 12.6. The van der Waals surface area contributed by atoms with Gasteiger partial charge in [-0.15, -0.1) is 0 Å². The van der Waals surface area contributed by atoms with Gasteiger partial charge in [0, 0.05) is 17.3 Å². The number of carbonyl (C=O) groups excluding carboxylic acids is 1. The van der Waals surface area contributed by atoms with Crippen LogP contribution in [0.2, 0.25) is 0 Å². The number of amides is 1. The summed E-state index contributed by atoms with van der Waals surface area (Å²) in [6.07, 6.45) is 1.09. The number of anilines is 1. The van der Waals surface area contributed by atoms with Crippen LogP contribution in [0.5, 0.6) is 0 Å². The topological polar surface area (TPSA) is 85.9 Å². The lowest BCUT2D eigenvalue weighted by atomic mass is 10.1. The van der Waals surface area contributed by atoms with E-state index in [0.717, 1.165) is 28.6 Å². The molecule has 0 fully saturated rings. The van der Waals surface area contributed by atoms with Crippen LogP contribution in [-0.4, -0.2) is 31.7 Å². The van der Waals surface area contributed by atoms with Crippen molar-refractivity contribution < 1.29 is 14.3 Å². The summed E-state index contributed by atoms with van der Waals surface area (Å²) >= 11 is 3.39. The Morgan fingerprint density at radius 3 is 2.59 bits per heavy atom. The van der Waals surface area contributed by atoms with Crippen LogP contribution in [0.25, 0.3) is 0 Å². The van der Waals surface area contributed by atoms with Crippen molar-refractivity contribution >= 4 is 33.5 Å². The fraction of sp³-hybridized carbons (Fsp3) is 0.300. The van der Waals surface area contributed by atoms with Crippen molar-refractivity contribution in [3.8, 4) is 0 Å². The largest absolute Gasteiger partial charge is 0.463 e. The Morgan fingerprint density at radius 1 is 1.30 bits per heavy atom. The van der Waals surface area contributed by atoms with Gasteiger partial charge in [0.15, 0.2) is 6.10 Å². The third kappa shape index (κ3) is 5.30. The number of aryl methyl sites for hydroxylation is 1. The van der Waals surface area contributed by atoms with Gasteiger partial charge in [0.2, 0.25) is 0 Å². The summed E-state index contributed by atoms with van der Waals surface area (Å²) in [5.74, 6) is -0.208. The number of hydrogen-bond donors (Lipinski definition) is 2. The van der Waals surface area contributed by atoms with Crippen molar-refractivity contribution in [1.82, 2.24) is 0 Å². The number of nitrogens with one attached hydrogen (secondary N) is 1. The molecule has 0 bridgehead atoms. The number of benzene rings is 2. The highest BCUT2D eigenvalue weighted by Crippen LogP contribution is 2.22. The second-order valence-electron chi connectivity index (χ2n) is 6.32. The Labute approximate surface area is 166 Å². The van der Waals surface area contributed by atoms with Gasteiger partial charge < -0.3 is 20.5 Å². The summed E-state index contributed by atoms with van der Waals surface area (Å²) < 4.78 is 11.5. The average molecular weight is 432 g/mol. The van der Waals surface area contributed by atoms with Gasteiger partial charge >= 0.3 is 0 Å². The quantitative estimate of drug-likeness (QED) is 0.702. The van der Waals surface area contributed by atoms with Gasteiger partial charge in [-0.2, -0.15) is 0 Å². The zero-order valence-corrected chi connectivity index (χ0v) is 16.6. The van der Waals surface area contributed by atoms with Crippen LogP contribution in [0.15, 0.2) is 58.0 Å². The van der Waals surface area contributed by atoms with Crippen molar-refractivity contribution in [2.45, 2.75) is 25.0 Å². The van der Waals surface area contributed by atoms with E-state index < -0.39 is 6.10 Å². The van der Waals surface area contributed by atoms with E-state index in [1.807, 2.05) is 48.5 Å². The molecule has 1 heterocycles. The molecule has 0 aliphatic carbocycles. The van der Waals surface area contributed by atoms with Crippen LogP contribution in [0.3, 0.4) is 0 Å². The fourth-order valence-corrected chi connectivity index (χ4v) is 3.18.